The van der Waals surface area contributed by atoms with Crippen LogP contribution in [0.4, 0.5) is 5.13 Å². The lowest BCUT2D eigenvalue weighted by molar-refractivity contribution is -0.128. The van der Waals surface area contributed by atoms with Gasteiger partial charge in [-0.05, 0) is 14.1 Å². The van der Waals surface area contributed by atoms with Gasteiger partial charge in [-0.3, -0.25) is 9.59 Å². The van der Waals surface area contributed by atoms with Gasteiger partial charge >= 0.3 is 0 Å². The quantitative estimate of drug-likeness (QED) is 0.852. The van der Waals surface area contributed by atoms with Crippen LogP contribution in [0.1, 0.15) is 17.4 Å². The molecule has 2 amide bonds. The number of likely N-dealkylation sites (tertiary alicyclic amines) is 2. The van der Waals surface area contributed by atoms with Crippen LogP contribution in [0.25, 0.3) is 0 Å². The third kappa shape index (κ3) is 2.92. The Kier molecular flexibility index (Phi) is 4.05. The van der Waals surface area contributed by atoms with E-state index in [1.54, 1.807) is 12.3 Å². The van der Waals surface area contributed by atoms with E-state index in [2.05, 4.69) is 9.88 Å². The van der Waals surface area contributed by atoms with Crippen LogP contribution in [0.5, 0.6) is 0 Å². The number of aromatic nitrogens is 1. The first kappa shape index (κ1) is 16.2. The van der Waals surface area contributed by atoms with Gasteiger partial charge in [0.1, 0.15) is 5.69 Å². The van der Waals surface area contributed by atoms with Crippen LogP contribution in [0.15, 0.2) is 5.38 Å². The number of thiazole rings is 1. The van der Waals surface area contributed by atoms with Gasteiger partial charge < -0.3 is 20.4 Å². The topological polar surface area (TPSA) is 82.8 Å². The van der Waals surface area contributed by atoms with Crippen molar-refractivity contribution in [3.05, 3.63) is 11.1 Å². The van der Waals surface area contributed by atoms with E-state index in [-0.39, 0.29) is 17.2 Å². The van der Waals surface area contributed by atoms with Crippen LogP contribution in [-0.4, -0.2) is 78.3 Å². The molecule has 2 aliphatic rings. The predicted octanol–water partition coefficient (Wildman–Crippen LogP) is 0.207. The molecular weight excluding hydrogens is 314 g/mol. The summed E-state index contributed by atoms with van der Waals surface area (Å²) < 4.78 is 0. The van der Waals surface area contributed by atoms with Crippen molar-refractivity contribution in [3.63, 3.8) is 0 Å². The molecule has 2 N–H and O–H groups in total. The Morgan fingerprint density at radius 3 is 2.61 bits per heavy atom. The van der Waals surface area contributed by atoms with Crippen LogP contribution in [0.2, 0.25) is 0 Å². The molecule has 0 aliphatic carbocycles. The molecule has 2 aliphatic heterocycles. The smallest absolute Gasteiger partial charge is 0.273 e. The van der Waals surface area contributed by atoms with Crippen molar-refractivity contribution < 1.29 is 9.59 Å². The monoisotopic (exact) mass is 337 g/mol. The standard InChI is InChI=1S/C15H23N5O2S/c1-10(21)19-4-11-5-20(9-15(11,8-19)7-18(2)3)13(22)12-6-23-14(16)17-12/h6,11H,4-5,7-9H2,1-3H3,(H2,16,17)/t11-,15+/m1/s1. The number of carbonyl (C=O) groups excluding carboxylic acids is 2. The van der Waals surface area contributed by atoms with E-state index in [1.165, 1.54) is 11.3 Å². The van der Waals surface area contributed by atoms with E-state index in [4.69, 9.17) is 5.73 Å². The highest BCUT2D eigenvalue weighted by atomic mass is 32.1. The fourth-order valence-electron chi connectivity index (χ4n) is 3.98. The number of anilines is 1. The molecule has 2 saturated heterocycles. The van der Waals surface area contributed by atoms with Crippen molar-refractivity contribution in [2.24, 2.45) is 11.3 Å². The number of amides is 2. The van der Waals surface area contributed by atoms with Gasteiger partial charge in [0.25, 0.3) is 5.91 Å². The Bertz CT molecular complexity index is 631. The molecular formula is C15H23N5O2S. The molecule has 0 radical (unpaired) electrons. The SMILES string of the molecule is CC(=O)N1C[C@@H]2CN(C(=O)c3csc(N)n3)C[C@]2(CN(C)C)C1. The Labute approximate surface area is 140 Å². The van der Waals surface area contributed by atoms with Gasteiger partial charge in [0.05, 0.1) is 0 Å². The zero-order valence-electron chi connectivity index (χ0n) is 13.8. The maximum Gasteiger partial charge on any atom is 0.273 e. The zero-order valence-corrected chi connectivity index (χ0v) is 14.6. The number of nitrogens with two attached hydrogens (primary N) is 1. The third-order valence-electron chi connectivity index (χ3n) is 4.86. The van der Waals surface area contributed by atoms with E-state index >= 15 is 0 Å². The van der Waals surface area contributed by atoms with Crippen LogP contribution in [0.3, 0.4) is 0 Å². The minimum Gasteiger partial charge on any atom is -0.375 e. The van der Waals surface area contributed by atoms with E-state index in [0.717, 1.165) is 13.1 Å². The summed E-state index contributed by atoms with van der Waals surface area (Å²) in [5.41, 5.74) is 6.01. The van der Waals surface area contributed by atoms with E-state index in [0.29, 0.717) is 36.4 Å². The van der Waals surface area contributed by atoms with Crippen LogP contribution < -0.4 is 5.73 Å². The molecule has 23 heavy (non-hydrogen) atoms. The summed E-state index contributed by atoms with van der Waals surface area (Å²) in [6.07, 6.45) is 0. The second-order valence-corrected chi connectivity index (χ2v) is 7.84. The summed E-state index contributed by atoms with van der Waals surface area (Å²) >= 11 is 1.28. The number of hydrogen-bond donors (Lipinski definition) is 1. The maximum absolute atomic E-state index is 12.7. The van der Waals surface area contributed by atoms with E-state index in [9.17, 15) is 9.59 Å². The molecule has 0 aromatic carbocycles. The highest BCUT2D eigenvalue weighted by molar-refractivity contribution is 7.13. The summed E-state index contributed by atoms with van der Waals surface area (Å²) in [5, 5.41) is 2.13. The van der Waals surface area contributed by atoms with Gasteiger partial charge in [0, 0.05) is 56.4 Å². The Balaban J connectivity index is 1.79. The molecule has 0 bridgehead atoms. The molecule has 1 aromatic rings. The summed E-state index contributed by atoms with van der Waals surface area (Å²) in [6, 6.07) is 0. The highest BCUT2D eigenvalue weighted by Gasteiger charge is 2.54. The summed E-state index contributed by atoms with van der Waals surface area (Å²) in [6.45, 7) is 5.26. The Morgan fingerprint density at radius 1 is 1.39 bits per heavy atom. The molecule has 2 fully saturated rings. The third-order valence-corrected chi connectivity index (χ3v) is 5.54. The molecule has 0 unspecified atom stereocenters. The largest absolute Gasteiger partial charge is 0.375 e. The lowest BCUT2D eigenvalue weighted by Gasteiger charge is -2.31. The number of nitrogens with zero attached hydrogens (tertiary/aromatic N) is 4. The molecule has 1 aromatic heterocycles. The lowest BCUT2D eigenvalue weighted by atomic mass is 9.80. The number of hydrogen-bond acceptors (Lipinski definition) is 6. The number of carbonyl (C=O) groups is 2. The second-order valence-electron chi connectivity index (χ2n) is 6.95. The number of nitrogen functional groups attached to an aromatic ring is 1. The van der Waals surface area contributed by atoms with E-state index in [1.807, 2.05) is 23.9 Å². The van der Waals surface area contributed by atoms with Crippen molar-refractivity contribution in [1.82, 2.24) is 19.7 Å². The van der Waals surface area contributed by atoms with Crippen LogP contribution in [-0.2, 0) is 4.79 Å². The van der Waals surface area contributed by atoms with E-state index < -0.39 is 0 Å². The maximum atomic E-state index is 12.7. The fraction of sp³-hybridized carbons (Fsp3) is 0.667. The molecule has 3 heterocycles. The first-order chi connectivity index (χ1) is 10.8. The normalized spacial score (nSPS) is 26.9. The molecule has 3 rings (SSSR count). The first-order valence-corrected chi connectivity index (χ1v) is 8.59. The second kappa shape index (κ2) is 5.76. The molecule has 0 saturated carbocycles. The van der Waals surface area contributed by atoms with Crippen molar-refractivity contribution in [1.29, 1.82) is 0 Å². The van der Waals surface area contributed by atoms with Crippen LogP contribution in [0, 0.1) is 11.3 Å². The van der Waals surface area contributed by atoms with Crippen molar-refractivity contribution in [2.75, 3.05) is 52.6 Å². The molecule has 8 heteroatoms. The summed E-state index contributed by atoms with van der Waals surface area (Å²) in [7, 11) is 4.07. The Hall–Kier alpha value is -1.67. The minimum atomic E-state index is -0.0557. The average Bonchev–Trinajstić information content (AvgIpc) is 3.09. The van der Waals surface area contributed by atoms with Gasteiger partial charge in [-0.1, -0.05) is 0 Å². The minimum absolute atomic E-state index is 0.0492. The molecule has 2 atom stereocenters. The van der Waals surface area contributed by atoms with Gasteiger partial charge in [0.15, 0.2) is 5.13 Å². The van der Waals surface area contributed by atoms with Gasteiger partial charge in [-0.25, -0.2) is 4.98 Å². The zero-order chi connectivity index (χ0) is 16.8. The van der Waals surface area contributed by atoms with Crippen molar-refractivity contribution in [3.8, 4) is 0 Å². The van der Waals surface area contributed by atoms with Crippen molar-refractivity contribution >= 4 is 28.3 Å². The fourth-order valence-corrected chi connectivity index (χ4v) is 4.51. The van der Waals surface area contributed by atoms with Gasteiger partial charge in [-0.15, -0.1) is 11.3 Å². The predicted molar refractivity (Wildman–Crippen MR) is 89.2 cm³/mol. The summed E-state index contributed by atoms with van der Waals surface area (Å²) in [5.74, 6) is 0.372. The highest BCUT2D eigenvalue weighted by Crippen LogP contribution is 2.43. The van der Waals surface area contributed by atoms with Crippen LogP contribution >= 0.6 is 11.3 Å². The molecule has 126 valence electrons. The van der Waals surface area contributed by atoms with Gasteiger partial charge in [-0.2, -0.15) is 0 Å². The summed E-state index contributed by atoms with van der Waals surface area (Å²) in [4.78, 5) is 34.4. The lowest BCUT2D eigenvalue weighted by Crippen LogP contribution is -2.43. The molecule has 7 nitrogen and oxygen atoms in total. The number of rotatable bonds is 3. The number of fused-ring (bicyclic) bond motifs is 1. The molecule has 0 spiro atoms. The average molecular weight is 337 g/mol. The Morgan fingerprint density at radius 2 is 2.04 bits per heavy atom. The van der Waals surface area contributed by atoms with Crippen molar-refractivity contribution in [2.45, 2.75) is 6.92 Å². The first-order valence-electron chi connectivity index (χ1n) is 7.71. The van der Waals surface area contributed by atoms with Gasteiger partial charge in [0.2, 0.25) is 5.91 Å².